The average molecular weight is 447 g/mol. The van der Waals surface area contributed by atoms with Crippen molar-refractivity contribution in [3.05, 3.63) is 94.8 Å². The van der Waals surface area contributed by atoms with Gasteiger partial charge in [0.25, 0.3) is 0 Å². The van der Waals surface area contributed by atoms with Crippen LogP contribution in [0.2, 0.25) is 0 Å². The molecule has 0 bridgehead atoms. The topological polar surface area (TPSA) is 64.0 Å². The van der Waals surface area contributed by atoms with Crippen molar-refractivity contribution in [3.63, 3.8) is 0 Å². The van der Waals surface area contributed by atoms with Gasteiger partial charge < -0.3 is 15.1 Å². The van der Waals surface area contributed by atoms with Crippen LogP contribution >= 0.6 is 0 Å². The summed E-state index contributed by atoms with van der Waals surface area (Å²) in [5, 5.41) is 20.9. The molecule has 0 radical (unpaired) electrons. The second kappa shape index (κ2) is 11.0. The minimum atomic E-state index is -0.993. The second-order valence-corrected chi connectivity index (χ2v) is 7.98. The average Bonchev–Trinajstić information content (AvgIpc) is 2.83. The highest BCUT2D eigenvalue weighted by Gasteiger charge is 2.23. The number of aliphatic hydroxyl groups excluding tert-OH is 1. The first kappa shape index (κ1) is 24.3. The summed E-state index contributed by atoms with van der Waals surface area (Å²) in [5.41, 5.74) is 4.10. The number of likely N-dealkylation sites (N-methyl/N-ethyl adjacent to an activating group) is 1. The van der Waals surface area contributed by atoms with Crippen LogP contribution in [0.5, 0.6) is 0 Å². The Kier molecular flexibility index (Phi) is 8.12. The third kappa shape index (κ3) is 5.20. The third-order valence-electron chi connectivity index (χ3n) is 6.28. The molecule has 0 aliphatic heterocycles. The van der Waals surface area contributed by atoms with E-state index in [-0.39, 0.29) is 17.4 Å². The van der Waals surface area contributed by atoms with Crippen LogP contribution in [0, 0.1) is 0 Å². The molecule has 5 nitrogen and oxygen atoms in total. The van der Waals surface area contributed by atoms with Crippen molar-refractivity contribution in [1.29, 1.82) is 0 Å². The number of allylic oxidation sites excluding steroid dienone is 1. The summed E-state index contributed by atoms with van der Waals surface area (Å²) in [5.74, 6) is -0.829. The second-order valence-electron chi connectivity index (χ2n) is 7.98. The van der Waals surface area contributed by atoms with Gasteiger partial charge in [-0.15, -0.1) is 0 Å². The SMILES string of the molecule is CCN(CC)c1ccc(/C(=C2/C=CC(N(CC)CC)C=C2O)c2ccccc2C(=O)O)cc1. The zero-order chi connectivity index (χ0) is 24.0. The molecule has 2 aromatic carbocycles. The van der Waals surface area contributed by atoms with E-state index in [1.807, 2.05) is 36.4 Å². The minimum absolute atomic E-state index is 0.00441. The van der Waals surface area contributed by atoms with Crippen molar-refractivity contribution in [1.82, 2.24) is 4.90 Å². The van der Waals surface area contributed by atoms with Gasteiger partial charge in [-0.05, 0) is 62.3 Å². The van der Waals surface area contributed by atoms with E-state index in [9.17, 15) is 15.0 Å². The maximum absolute atomic E-state index is 12.0. The van der Waals surface area contributed by atoms with E-state index in [2.05, 4.69) is 55.7 Å². The normalized spacial score (nSPS) is 17.1. The summed E-state index contributed by atoms with van der Waals surface area (Å²) in [4.78, 5) is 16.5. The molecule has 0 spiro atoms. The monoisotopic (exact) mass is 446 g/mol. The van der Waals surface area contributed by atoms with Crippen LogP contribution < -0.4 is 4.90 Å². The zero-order valence-corrected chi connectivity index (χ0v) is 20.0. The summed E-state index contributed by atoms with van der Waals surface area (Å²) in [6.07, 6.45) is 5.83. The van der Waals surface area contributed by atoms with Gasteiger partial charge in [0.2, 0.25) is 0 Å². The summed E-state index contributed by atoms with van der Waals surface area (Å²) >= 11 is 0. The van der Waals surface area contributed by atoms with Crippen molar-refractivity contribution in [2.45, 2.75) is 33.7 Å². The Morgan fingerprint density at radius 3 is 2.00 bits per heavy atom. The first-order valence-corrected chi connectivity index (χ1v) is 11.7. The largest absolute Gasteiger partial charge is 0.508 e. The Labute approximate surface area is 197 Å². The van der Waals surface area contributed by atoms with Crippen molar-refractivity contribution >= 4 is 17.2 Å². The van der Waals surface area contributed by atoms with Crippen molar-refractivity contribution in [2.24, 2.45) is 0 Å². The molecule has 0 aromatic heterocycles. The molecule has 33 heavy (non-hydrogen) atoms. The van der Waals surface area contributed by atoms with E-state index >= 15 is 0 Å². The van der Waals surface area contributed by atoms with Gasteiger partial charge in [0.1, 0.15) is 5.76 Å². The van der Waals surface area contributed by atoms with Crippen molar-refractivity contribution in [2.75, 3.05) is 31.1 Å². The van der Waals surface area contributed by atoms with Crippen LogP contribution in [0.1, 0.15) is 49.2 Å². The Balaban J connectivity index is 2.19. The van der Waals surface area contributed by atoms with Crippen LogP contribution in [0.3, 0.4) is 0 Å². The lowest BCUT2D eigenvalue weighted by atomic mass is 9.87. The molecular formula is C28H34N2O3. The van der Waals surface area contributed by atoms with Gasteiger partial charge in [0, 0.05) is 29.9 Å². The molecule has 0 saturated carbocycles. The highest BCUT2D eigenvalue weighted by molar-refractivity contribution is 5.98. The Hall–Kier alpha value is -3.31. The number of aliphatic hydroxyl groups is 1. The summed E-state index contributed by atoms with van der Waals surface area (Å²) in [6, 6.07) is 15.1. The van der Waals surface area contributed by atoms with Gasteiger partial charge in [-0.2, -0.15) is 0 Å². The van der Waals surface area contributed by atoms with E-state index in [4.69, 9.17) is 0 Å². The molecule has 0 heterocycles. The number of carboxylic acid groups (broad SMARTS) is 1. The molecule has 5 heteroatoms. The first-order valence-electron chi connectivity index (χ1n) is 11.7. The van der Waals surface area contributed by atoms with Gasteiger partial charge in [0.05, 0.1) is 11.6 Å². The molecule has 1 atom stereocenters. The number of benzene rings is 2. The lowest BCUT2D eigenvalue weighted by Crippen LogP contribution is -2.33. The number of hydrogen-bond donors (Lipinski definition) is 2. The van der Waals surface area contributed by atoms with Crippen LogP contribution in [-0.4, -0.2) is 53.3 Å². The Bertz CT molecular complexity index is 1060. The van der Waals surface area contributed by atoms with Crippen LogP contribution in [0.15, 0.2) is 78.1 Å². The molecule has 0 saturated heterocycles. The maximum atomic E-state index is 12.0. The number of nitrogens with zero attached hydrogens (tertiary/aromatic N) is 2. The predicted molar refractivity (Wildman–Crippen MR) is 136 cm³/mol. The van der Waals surface area contributed by atoms with Crippen LogP contribution in [0.4, 0.5) is 5.69 Å². The minimum Gasteiger partial charge on any atom is -0.508 e. The van der Waals surface area contributed by atoms with Gasteiger partial charge >= 0.3 is 5.97 Å². The van der Waals surface area contributed by atoms with Crippen LogP contribution in [0.25, 0.3) is 5.57 Å². The lowest BCUT2D eigenvalue weighted by Gasteiger charge is -2.28. The lowest BCUT2D eigenvalue weighted by molar-refractivity contribution is 0.0696. The molecule has 0 fully saturated rings. The molecule has 174 valence electrons. The number of rotatable bonds is 9. The van der Waals surface area contributed by atoms with Crippen molar-refractivity contribution < 1.29 is 15.0 Å². The van der Waals surface area contributed by atoms with Gasteiger partial charge in [-0.25, -0.2) is 4.79 Å². The van der Waals surface area contributed by atoms with Gasteiger partial charge in [-0.1, -0.05) is 56.3 Å². The number of anilines is 1. The van der Waals surface area contributed by atoms with E-state index in [1.165, 1.54) is 0 Å². The number of aromatic carboxylic acids is 1. The predicted octanol–water partition coefficient (Wildman–Crippen LogP) is 5.76. The smallest absolute Gasteiger partial charge is 0.336 e. The molecule has 1 aliphatic carbocycles. The first-order chi connectivity index (χ1) is 15.9. The number of hydrogen-bond acceptors (Lipinski definition) is 4. The molecule has 2 N–H and O–H groups in total. The Morgan fingerprint density at radius 2 is 1.48 bits per heavy atom. The third-order valence-corrected chi connectivity index (χ3v) is 6.28. The summed E-state index contributed by atoms with van der Waals surface area (Å²) < 4.78 is 0. The standard InChI is InChI=1S/C28H34N2O3/c1-5-29(6-2)21-15-13-20(14-16-21)27(23-11-9-10-12-24(23)28(32)33)25-18-17-22(19-26(25)31)30(7-3)8-4/h9-19,22,31H,5-8H2,1-4H3,(H,32,33)/b27-25+. The quantitative estimate of drug-likeness (QED) is 0.513. The fourth-order valence-corrected chi connectivity index (χ4v) is 4.44. The molecular weight excluding hydrogens is 412 g/mol. The highest BCUT2D eigenvalue weighted by atomic mass is 16.4. The van der Waals surface area contributed by atoms with E-state index < -0.39 is 5.97 Å². The number of carbonyl (C=O) groups is 1. The van der Waals surface area contributed by atoms with Gasteiger partial charge in [-0.3, -0.25) is 4.90 Å². The zero-order valence-electron chi connectivity index (χ0n) is 20.0. The summed E-state index contributed by atoms with van der Waals surface area (Å²) in [6.45, 7) is 12.0. The highest BCUT2D eigenvalue weighted by Crippen LogP contribution is 2.35. The fourth-order valence-electron chi connectivity index (χ4n) is 4.44. The molecule has 3 rings (SSSR count). The molecule has 0 amide bonds. The molecule has 1 aliphatic rings. The number of carboxylic acids is 1. The maximum Gasteiger partial charge on any atom is 0.336 e. The van der Waals surface area contributed by atoms with Crippen LogP contribution in [-0.2, 0) is 0 Å². The van der Waals surface area contributed by atoms with Gasteiger partial charge in [0.15, 0.2) is 0 Å². The van der Waals surface area contributed by atoms with E-state index in [0.29, 0.717) is 16.7 Å². The van der Waals surface area contributed by atoms with Crippen molar-refractivity contribution in [3.8, 4) is 0 Å². The molecule has 2 aromatic rings. The van der Waals surface area contributed by atoms with E-state index in [0.717, 1.165) is 37.4 Å². The summed E-state index contributed by atoms with van der Waals surface area (Å²) in [7, 11) is 0. The molecule has 1 unspecified atom stereocenters. The van der Waals surface area contributed by atoms with E-state index in [1.54, 1.807) is 12.1 Å². The Morgan fingerprint density at radius 1 is 0.879 bits per heavy atom. The fraction of sp³-hybridized carbons (Fsp3) is 0.321.